The minimum atomic E-state index is -3.80. The van der Waals surface area contributed by atoms with Crippen LogP contribution in [0.25, 0.3) is 0 Å². The van der Waals surface area contributed by atoms with Gasteiger partial charge in [0.1, 0.15) is 5.82 Å². The fraction of sp³-hybridized carbons (Fsp3) is 0.455. The Morgan fingerprint density at radius 3 is 2.69 bits per heavy atom. The molecule has 3 N–H and O–H groups in total. The van der Waals surface area contributed by atoms with Crippen LogP contribution in [-0.4, -0.2) is 64.7 Å². The van der Waals surface area contributed by atoms with Crippen LogP contribution in [0.4, 0.5) is 11.5 Å². The Morgan fingerprint density at radius 2 is 2.00 bits per heavy atom. The van der Waals surface area contributed by atoms with Crippen molar-refractivity contribution in [2.24, 2.45) is 0 Å². The molecule has 10 heteroatoms. The topological polar surface area (TPSA) is 113 Å². The maximum absolute atomic E-state index is 13.1. The Kier molecular flexibility index (Phi) is 6.92. The van der Waals surface area contributed by atoms with Crippen LogP contribution < -0.4 is 20.3 Å². The number of hydrogen-bond acceptors (Lipinski definition) is 7. The largest absolute Gasteiger partial charge is 0.376 e. The maximum Gasteiger partial charge on any atom is 0.261 e. The van der Waals surface area contributed by atoms with Gasteiger partial charge in [0.25, 0.3) is 15.9 Å². The average molecular weight is 460 g/mol. The van der Waals surface area contributed by atoms with Crippen molar-refractivity contribution in [1.29, 1.82) is 0 Å². The zero-order valence-electron chi connectivity index (χ0n) is 18.1. The minimum absolute atomic E-state index is 0.0118. The highest BCUT2D eigenvalue weighted by atomic mass is 32.2. The Balaban J connectivity index is 1.58. The van der Waals surface area contributed by atoms with Gasteiger partial charge in [-0.25, -0.2) is 13.4 Å². The van der Waals surface area contributed by atoms with Gasteiger partial charge in [0, 0.05) is 39.3 Å². The molecule has 1 atom stereocenters. The van der Waals surface area contributed by atoms with E-state index in [9.17, 15) is 13.2 Å². The Bertz CT molecular complexity index is 1050. The van der Waals surface area contributed by atoms with Crippen molar-refractivity contribution in [3.63, 3.8) is 0 Å². The first-order chi connectivity index (χ1) is 15.4. The van der Waals surface area contributed by atoms with E-state index in [2.05, 4.69) is 20.3 Å². The SMILES string of the molecule is Cc1ccc(S(=O)(=O)Nc2cnc(N3CCNCC3)c(C(=O)NC[C@H]3CCCO3)c2)cc1. The van der Waals surface area contributed by atoms with E-state index >= 15 is 0 Å². The molecule has 2 aliphatic heterocycles. The molecule has 0 unspecified atom stereocenters. The predicted octanol–water partition coefficient (Wildman–Crippen LogP) is 1.51. The first-order valence-electron chi connectivity index (χ1n) is 10.9. The van der Waals surface area contributed by atoms with Gasteiger partial charge in [0.2, 0.25) is 0 Å². The zero-order chi connectivity index (χ0) is 22.6. The van der Waals surface area contributed by atoms with Gasteiger partial charge >= 0.3 is 0 Å². The molecule has 1 aromatic heterocycles. The van der Waals surface area contributed by atoms with Crippen LogP contribution in [0.1, 0.15) is 28.8 Å². The normalized spacial score (nSPS) is 19.0. The molecule has 0 saturated carbocycles. The van der Waals surface area contributed by atoms with E-state index in [1.165, 1.54) is 6.20 Å². The number of hydrogen-bond donors (Lipinski definition) is 3. The molecule has 2 saturated heterocycles. The molecule has 2 aromatic rings. The number of nitrogens with zero attached hydrogens (tertiary/aromatic N) is 2. The number of nitrogens with one attached hydrogen (secondary N) is 3. The number of carbonyl (C=O) groups is 1. The lowest BCUT2D eigenvalue weighted by Crippen LogP contribution is -2.45. The van der Waals surface area contributed by atoms with Gasteiger partial charge in [0.15, 0.2) is 0 Å². The third kappa shape index (κ3) is 5.37. The summed E-state index contributed by atoms with van der Waals surface area (Å²) in [4.78, 5) is 19.7. The summed E-state index contributed by atoms with van der Waals surface area (Å²) in [5, 5.41) is 6.21. The minimum Gasteiger partial charge on any atom is -0.376 e. The fourth-order valence-corrected chi connectivity index (χ4v) is 4.88. The second-order valence-electron chi connectivity index (χ2n) is 8.10. The van der Waals surface area contributed by atoms with Crippen LogP contribution in [-0.2, 0) is 14.8 Å². The van der Waals surface area contributed by atoms with Crippen LogP contribution in [0.15, 0.2) is 41.4 Å². The van der Waals surface area contributed by atoms with E-state index in [4.69, 9.17) is 4.74 Å². The molecule has 0 aliphatic carbocycles. The van der Waals surface area contributed by atoms with Gasteiger partial charge in [-0.2, -0.15) is 0 Å². The summed E-state index contributed by atoms with van der Waals surface area (Å²) < 4.78 is 33.8. The van der Waals surface area contributed by atoms with Gasteiger partial charge in [-0.3, -0.25) is 9.52 Å². The van der Waals surface area contributed by atoms with E-state index in [1.807, 2.05) is 11.8 Å². The Hall–Kier alpha value is -2.69. The summed E-state index contributed by atoms with van der Waals surface area (Å²) in [5.74, 6) is 0.257. The number of amides is 1. The monoisotopic (exact) mass is 459 g/mol. The molecule has 32 heavy (non-hydrogen) atoms. The van der Waals surface area contributed by atoms with Gasteiger partial charge in [0.05, 0.1) is 28.4 Å². The van der Waals surface area contributed by atoms with Crippen molar-refractivity contribution < 1.29 is 17.9 Å². The van der Waals surface area contributed by atoms with Gasteiger partial charge in [-0.05, 0) is 38.0 Å². The lowest BCUT2D eigenvalue weighted by atomic mass is 10.2. The van der Waals surface area contributed by atoms with E-state index < -0.39 is 10.0 Å². The molecule has 2 fully saturated rings. The molecule has 9 nitrogen and oxygen atoms in total. The molecule has 1 aromatic carbocycles. The quantitative estimate of drug-likeness (QED) is 0.575. The third-order valence-corrected chi connectivity index (χ3v) is 7.02. The molecule has 0 radical (unpaired) electrons. The fourth-order valence-electron chi connectivity index (χ4n) is 3.85. The van der Waals surface area contributed by atoms with Gasteiger partial charge < -0.3 is 20.3 Å². The van der Waals surface area contributed by atoms with E-state index in [-0.39, 0.29) is 22.6 Å². The first kappa shape index (κ1) is 22.5. The van der Waals surface area contributed by atoms with Crippen molar-refractivity contribution >= 4 is 27.4 Å². The summed E-state index contributed by atoms with van der Waals surface area (Å²) >= 11 is 0. The third-order valence-electron chi connectivity index (χ3n) is 5.63. The molecular formula is C22H29N5O4S. The number of anilines is 2. The van der Waals surface area contributed by atoms with Crippen LogP contribution in [0.2, 0.25) is 0 Å². The Morgan fingerprint density at radius 1 is 1.25 bits per heavy atom. The van der Waals surface area contributed by atoms with E-state index in [0.29, 0.717) is 37.6 Å². The second kappa shape index (κ2) is 9.85. The molecule has 1 amide bonds. The molecule has 3 heterocycles. The Labute approximate surface area is 188 Å². The number of piperazine rings is 1. The number of carbonyl (C=O) groups excluding carboxylic acids is 1. The number of aromatic nitrogens is 1. The van der Waals surface area contributed by atoms with Crippen molar-refractivity contribution in [2.45, 2.75) is 30.8 Å². The molecule has 0 spiro atoms. The van der Waals surface area contributed by atoms with Crippen molar-refractivity contribution in [2.75, 3.05) is 49.0 Å². The summed E-state index contributed by atoms with van der Waals surface area (Å²) in [7, 11) is -3.80. The smallest absolute Gasteiger partial charge is 0.261 e. The van der Waals surface area contributed by atoms with E-state index in [0.717, 1.165) is 31.5 Å². The molecular weight excluding hydrogens is 430 g/mol. The highest BCUT2D eigenvalue weighted by Crippen LogP contribution is 2.24. The number of rotatable bonds is 7. The van der Waals surface area contributed by atoms with Crippen LogP contribution in [0.5, 0.6) is 0 Å². The summed E-state index contributed by atoms with van der Waals surface area (Å²) in [6.07, 6.45) is 3.38. The number of pyridine rings is 1. The molecule has 0 bridgehead atoms. The standard InChI is InChI=1S/C22H29N5O4S/c1-16-4-6-19(7-5-16)32(29,30)26-17-13-20(22(28)25-15-18-3-2-12-31-18)21(24-14-17)27-10-8-23-9-11-27/h4-7,13-14,18,23,26H,2-3,8-12,15H2,1H3,(H,25,28)/t18-/m1/s1. The van der Waals surface area contributed by atoms with Crippen molar-refractivity contribution in [3.05, 3.63) is 47.7 Å². The highest BCUT2D eigenvalue weighted by Gasteiger charge is 2.24. The zero-order valence-corrected chi connectivity index (χ0v) is 19.0. The predicted molar refractivity (Wildman–Crippen MR) is 123 cm³/mol. The number of ether oxygens (including phenoxy) is 1. The van der Waals surface area contributed by atoms with Crippen LogP contribution in [0.3, 0.4) is 0 Å². The maximum atomic E-state index is 13.1. The van der Waals surface area contributed by atoms with E-state index in [1.54, 1.807) is 30.3 Å². The van der Waals surface area contributed by atoms with Crippen LogP contribution >= 0.6 is 0 Å². The van der Waals surface area contributed by atoms with Gasteiger partial charge in [-0.1, -0.05) is 17.7 Å². The summed E-state index contributed by atoms with van der Waals surface area (Å²) in [5.41, 5.74) is 1.55. The molecule has 172 valence electrons. The summed E-state index contributed by atoms with van der Waals surface area (Å²) in [6, 6.07) is 8.14. The molecule has 4 rings (SSSR count). The highest BCUT2D eigenvalue weighted by molar-refractivity contribution is 7.92. The number of benzene rings is 1. The number of aryl methyl sites for hydroxylation is 1. The first-order valence-corrected chi connectivity index (χ1v) is 12.4. The lowest BCUT2D eigenvalue weighted by Gasteiger charge is -2.30. The van der Waals surface area contributed by atoms with Crippen LogP contribution in [0, 0.1) is 6.92 Å². The van der Waals surface area contributed by atoms with Crippen molar-refractivity contribution in [3.8, 4) is 0 Å². The average Bonchev–Trinajstić information content (AvgIpc) is 3.32. The second-order valence-corrected chi connectivity index (χ2v) is 9.78. The van der Waals surface area contributed by atoms with Gasteiger partial charge in [-0.15, -0.1) is 0 Å². The summed E-state index contributed by atoms with van der Waals surface area (Å²) in [6.45, 7) is 6.04. The van der Waals surface area contributed by atoms with Crippen molar-refractivity contribution in [1.82, 2.24) is 15.6 Å². The lowest BCUT2D eigenvalue weighted by molar-refractivity contribution is 0.0858. The number of sulfonamides is 1. The molecule has 2 aliphatic rings.